The monoisotopic (exact) mass is 821 g/mol. The standard InChI is InChI=1S/C55H51NO6/c1-36-9-21-46(22-10-36)56(47-23-11-37(2)12-24-47)48-25-13-41(14-26-48)35-51(42-15-27-49(59-8)28-16-42)43-17-29-50(30-18-43)61-54(58)62-53-32-20-45(34-39(53)4)55(6,7)44-19-31-52(38(3)33-44)60-40(5)57/h9-35H,1-8H3. The molecule has 0 saturated carbocycles. The Kier molecular flexibility index (Phi) is 12.7. The summed E-state index contributed by atoms with van der Waals surface area (Å²) in [6.07, 6.45) is 1.32. The molecular weight excluding hydrogens is 771 g/mol. The molecule has 0 spiro atoms. The van der Waals surface area contributed by atoms with Crippen molar-refractivity contribution in [1.29, 1.82) is 0 Å². The Morgan fingerprint density at radius 1 is 0.516 bits per heavy atom. The van der Waals surface area contributed by atoms with Crippen molar-refractivity contribution in [3.63, 3.8) is 0 Å². The van der Waals surface area contributed by atoms with E-state index in [1.54, 1.807) is 25.3 Å². The summed E-state index contributed by atoms with van der Waals surface area (Å²) in [6, 6.07) is 52.6. The van der Waals surface area contributed by atoms with E-state index in [0.717, 1.165) is 67.3 Å². The van der Waals surface area contributed by atoms with Crippen LogP contribution in [-0.4, -0.2) is 19.2 Å². The Labute approximate surface area is 364 Å². The molecule has 7 heteroatoms. The fourth-order valence-electron chi connectivity index (χ4n) is 7.36. The lowest BCUT2D eigenvalue weighted by Gasteiger charge is -2.27. The van der Waals surface area contributed by atoms with Gasteiger partial charge in [-0.15, -0.1) is 0 Å². The molecule has 7 nitrogen and oxygen atoms in total. The van der Waals surface area contributed by atoms with Crippen LogP contribution in [0.5, 0.6) is 23.0 Å². The highest BCUT2D eigenvalue weighted by atomic mass is 16.7. The van der Waals surface area contributed by atoms with Gasteiger partial charge in [0.2, 0.25) is 0 Å². The summed E-state index contributed by atoms with van der Waals surface area (Å²) in [4.78, 5) is 26.9. The second-order valence-corrected chi connectivity index (χ2v) is 16.0. The van der Waals surface area contributed by atoms with Crippen molar-refractivity contribution in [3.05, 3.63) is 208 Å². The van der Waals surface area contributed by atoms with Crippen LogP contribution in [0.25, 0.3) is 11.6 Å². The van der Waals surface area contributed by atoms with E-state index in [0.29, 0.717) is 17.2 Å². The molecule has 0 saturated heterocycles. The third-order valence-corrected chi connectivity index (χ3v) is 11.1. The van der Waals surface area contributed by atoms with Crippen LogP contribution in [0.15, 0.2) is 158 Å². The van der Waals surface area contributed by atoms with E-state index in [4.69, 9.17) is 18.9 Å². The number of hydrogen-bond acceptors (Lipinski definition) is 7. The van der Waals surface area contributed by atoms with Crippen molar-refractivity contribution in [3.8, 4) is 23.0 Å². The molecule has 312 valence electrons. The lowest BCUT2D eigenvalue weighted by atomic mass is 9.77. The second kappa shape index (κ2) is 18.5. The average molecular weight is 822 g/mol. The van der Waals surface area contributed by atoms with Gasteiger partial charge in [-0.1, -0.05) is 110 Å². The lowest BCUT2D eigenvalue weighted by Crippen LogP contribution is -2.20. The van der Waals surface area contributed by atoms with E-state index in [9.17, 15) is 9.59 Å². The number of rotatable bonds is 12. The van der Waals surface area contributed by atoms with Gasteiger partial charge in [0.05, 0.1) is 7.11 Å². The van der Waals surface area contributed by atoms with Gasteiger partial charge < -0.3 is 23.8 Å². The van der Waals surface area contributed by atoms with Gasteiger partial charge in [-0.3, -0.25) is 4.79 Å². The van der Waals surface area contributed by atoms with Gasteiger partial charge >= 0.3 is 12.1 Å². The molecular formula is C55H51NO6. The van der Waals surface area contributed by atoms with E-state index in [1.807, 2.05) is 80.6 Å². The summed E-state index contributed by atoms with van der Waals surface area (Å²) in [7, 11) is 1.66. The first-order valence-electron chi connectivity index (χ1n) is 20.6. The first-order valence-corrected chi connectivity index (χ1v) is 20.6. The Morgan fingerprint density at radius 2 is 0.952 bits per heavy atom. The molecule has 0 aromatic heterocycles. The molecule has 7 aromatic carbocycles. The van der Waals surface area contributed by atoms with Crippen LogP contribution in [0.4, 0.5) is 21.9 Å². The van der Waals surface area contributed by atoms with Crippen molar-refractivity contribution in [2.24, 2.45) is 0 Å². The van der Waals surface area contributed by atoms with Crippen LogP contribution in [0, 0.1) is 27.7 Å². The SMILES string of the molecule is COc1ccc(C(=Cc2ccc(N(c3ccc(C)cc3)c3ccc(C)cc3)cc2)c2ccc(OC(=O)Oc3ccc(C(C)(C)c4ccc(OC(C)=O)c(C)c4)cc3C)cc2)cc1. The Balaban J connectivity index is 1.09. The topological polar surface area (TPSA) is 74.3 Å². The normalized spacial score (nSPS) is 11.5. The van der Waals surface area contributed by atoms with Gasteiger partial charge in [0, 0.05) is 29.4 Å². The second-order valence-electron chi connectivity index (χ2n) is 16.0. The van der Waals surface area contributed by atoms with Crippen molar-refractivity contribution in [2.75, 3.05) is 12.0 Å². The number of esters is 1. The zero-order valence-corrected chi connectivity index (χ0v) is 36.5. The largest absolute Gasteiger partial charge is 0.519 e. The number of carbonyl (C=O) groups excluding carboxylic acids is 2. The Morgan fingerprint density at radius 3 is 1.39 bits per heavy atom. The van der Waals surface area contributed by atoms with Crippen molar-refractivity contribution < 1.29 is 28.5 Å². The summed E-state index contributed by atoms with van der Waals surface area (Å²) >= 11 is 0. The van der Waals surface area contributed by atoms with Gasteiger partial charge in [-0.25, -0.2) is 4.79 Å². The fraction of sp³-hybridized carbons (Fsp3) is 0.164. The minimum Gasteiger partial charge on any atom is -0.497 e. The minimum atomic E-state index is -0.833. The zero-order chi connectivity index (χ0) is 44.0. The van der Waals surface area contributed by atoms with Crippen molar-refractivity contribution in [2.45, 2.75) is 53.9 Å². The fourth-order valence-corrected chi connectivity index (χ4v) is 7.36. The predicted molar refractivity (Wildman–Crippen MR) is 249 cm³/mol. The highest BCUT2D eigenvalue weighted by Crippen LogP contribution is 2.38. The molecule has 0 atom stereocenters. The highest BCUT2D eigenvalue weighted by Gasteiger charge is 2.25. The molecule has 0 fully saturated rings. The number of hydrogen-bond donors (Lipinski definition) is 0. The van der Waals surface area contributed by atoms with Gasteiger partial charge in [0.25, 0.3) is 0 Å². The van der Waals surface area contributed by atoms with Gasteiger partial charge in [-0.05, 0) is 151 Å². The number of carbonyl (C=O) groups is 2. The Bertz CT molecular complexity index is 2670. The van der Waals surface area contributed by atoms with E-state index in [-0.39, 0.29) is 11.4 Å². The number of benzene rings is 7. The molecule has 0 bridgehead atoms. The van der Waals surface area contributed by atoms with Crippen LogP contribution in [0.3, 0.4) is 0 Å². The van der Waals surface area contributed by atoms with Crippen LogP contribution in [0.2, 0.25) is 0 Å². The third-order valence-electron chi connectivity index (χ3n) is 11.1. The number of ether oxygens (including phenoxy) is 4. The summed E-state index contributed by atoms with van der Waals surface area (Å²) < 4.78 is 22.1. The summed E-state index contributed by atoms with van der Waals surface area (Å²) in [6.45, 7) is 13.7. The van der Waals surface area contributed by atoms with Gasteiger partial charge in [0.15, 0.2) is 0 Å². The molecule has 62 heavy (non-hydrogen) atoms. The number of nitrogens with zero attached hydrogens (tertiary/aromatic N) is 1. The molecule has 0 aliphatic rings. The maximum Gasteiger partial charge on any atom is 0.519 e. The molecule has 0 aliphatic heterocycles. The molecule has 7 aromatic rings. The first-order chi connectivity index (χ1) is 29.8. The van der Waals surface area contributed by atoms with Crippen LogP contribution >= 0.6 is 0 Å². The molecule has 0 radical (unpaired) electrons. The molecule has 0 aliphatic carbocycles. The average Bonchev–Trinajstić information content (AvgIpc) is 3.26. The van der Waals surface area contributed by atoms with E-state index in [2.05, 4.69) is 111 Å². The smallest absolute Gasteiger partial charge is 0.497 e. The molecule has 0 amide bonds. The summed E-state index contributed by atoms with van der Waals surface area (Å²) in [5.74, 6) is 1.72. The van der Waals surface area contributed by atoms with E-state index < -0.39 is 6.16 Å². The molecule has 0 unspecified atom stereocenters. The number of anilines is 3. The maximum atomic E-state index is 13.1. The van der Waals surface area contributed by atoms with E-state index >= 15 is 0 Å². The van der Waals surface area contributed by atoms with Crippen LogP contribution < -0.4 is 23.8 Å². The number of methoxy groups -OCH3 is 1. The number of aryl methyl sites for hydroxylation is 4. The van der Waals surface area contributed by atoms with Crippen molar-refractivity contribution >= 4 is 40.8 Å². The maximum absolute atomic E-state index is 13.1. The Hall–Kier alpha value is -7.38. The molecule has 0 N–H and O–H groups in total. The van der Waals surface area contributed by atoms with Gasteiger partial charge in [-0.2, -0.15) is 0 Å². The third kappa shape index (κ3) is 9.96. The zero-order valence-electron chi connectivity index (χ0n) is 36.5. The summed E-state index contributed by atoms with van der Waals surface area (Å²) in [5, 5.41) is 0. The first kappa shape index (κ1) is 42.7. The minimum absolute atomic E-state index is 0.354. The highest BCUT2D eigenvalue weighted by molar-refractivity contribution is 5.92. The molecule has 7 rings (SSSR count). The predicted octanol–water partition coefficient (Wildman–Crippen LogP) is 13.8. The van der Waals surface area contributed by atoms with Gasteiger partial charge in [0.1, 0.15) is 23.0 Å². The quantitative estimate of drug-likeness (QED) is 0.0526. The van der Waals surface area contributed by atoms with Crippen molar-refractivity contribution in [1.82, 2.24) is 0 Å². The lowest BCUT2D eigenvalue weighted by molar-refractivity contribution is -0.131. The molecule has 0 heterocycles. The van der Waals surface area contributed by atoms with E-state index in [1.165, 1.54) is 18.1 Å². The van der Waals surface area contributed by atoms with Crippen LogP contribution in [0.1, 0.15) is 70.8 Å². The van der Waals surface area contributed by atoms with Crippen LogP contribution in [-0.2, 0) is 10.2 Å². The summed E-state index contributed by atoms with van der Waals surface area (Å²) in [5.41, 5.74) is 12.9.